The van der Waals surface area contributed by atoms with E-state index >= 15 is 0 Å². The van der Waals surface area contributed by atoms with Gasteiger partial charge in [-0.2, -0.15) is 0 Å². The minimum absolute atomic E-state index is 0.213. The molecule has 1 aliphatic rings. The molecule has 1 aromatic rings. The van der Waals surface area contributed by atoms with E-state index in [-0.39, 0.29) is 5.78 Å². The van der Waals surface area contributed by atoms with E-state index in [2.05, 4.69) is 50.6 Å². The van der Waals surface area contributed by atoms with Gasteiger partial charge in [-0.1, -0.05) is 6.92 Å². The second kappa shape index (κ2) is 6.16. The van der Waals surface area contributed by atoms with Crippen molar-refractivity contribution in [1.29, 1.82) is 0 Å². The Balaban J connectivity index is 2.05. The number of piperidine rings is 1. The van der Waals surface area contributed by atoms with E-state index in [0.717, 1.165) is 19.7 Å². The van der Waals surface area contributed by atoms with Crippen LogP contribution in [0, 0.1) is 5.92 Å². The van der Waals surface area contributed by atoms with Crippen LogP contribution in [0.2, 0.25) is 0 Å². The van der Waals surface area contributed by atoms with Crippen LogP contribution >= 0.6 is 43.2 Å². The maximum absolute atomic E-state index is 12.3. The molecule has 2 rings (SSSR count). The van der Waals surface area contributed by atoms with Gasteiger partial charge in [0.2, 0.25) is 0 Å². The lowest BCUT2D eigenvalue weighted by atomic mass is 9.92. The molecule has 0 radical (unpaired) electrons. The van der Waals surface area contributed by atoms with Crippen LogP contribution < -0.4 is 0 Å². The second-order valence-electron chi connectivity index (χ2n) is 4.99. The molecule has 2 heterocycles. The van der Waals surface area contributed by atoms with Gasteiger partial charge in [0.25, 0.3) is 0 Å². The summed E-state index contributed by atoms with van der Waals surface area (Å²) in [5.41, 5.74) is 0.803. The lowest BCUT2D eigenvalue weighted by molar-refractivity contribution is 0.0779. The molecule has 0 N–H and O–H groups in total. The Morgan fingerprint density at radius 3 is 2.83 bits per heavy atom. The summed E-state index contributed by atoms with van der Waals surface area (Å²) in [5.74, 6) is 0.897. The number of carbonyl (C=O) groups is 1. The van der Waals surface area contributed by atoms with Crippen molar-refractivity contribution in [3.05, 3.63) is 19.2 Å². The van der Waals surface area contributed by atoms with Gasteiger partial charge in [0.15, 0.2) is 5.78 Å². The van der Waals surface area contributed by atoms with Crippen molar-refractivity contribution in [3.8, 4) is 0 Å². The topological polar surface area (TPSA) is 20.3 Å². The fourth-order valence-corrected chi connectivity index (χ4v) is 5.30. The number of halogens is 2. The Hall–Kier alpha value is 0.290. The highest BCUT2D eigenvalue weighted by Gasteiger charge is 2.27. The van der Waals surface area contributed by atoms with Crippen molar-refractivity contribution in [2.45, 2.75) is 32.7 Å². The van der Waals surface area contributed by atoms with Gasteiger partial charge in [-0.3, -0.25) is 9.69 Å². The number of rotatable bonds is 3. The molecule has 1 fully saturated rings. The number of ketones is 1. The van der Waals surface area contributed by atoms with Crippen LogP contribution in [-0.4, -0.2) is 29.8 Å². The van der Waals surface area contributed by atoms with Gasteiger partial charge in [-0.15, -0.1) is 11.3 Å². The highest BCUT2D eigenvalue weighted by atomic mass is 79.9. The summed E-state index contributed by atoms with van der Waals surface area (Å²) in [6.45, 7) is 6.08. The quantitative estimate of drug-likeness (QED) is 0.699. The molecule has 1 aliphatic heterocycles. The van der Waals surface area contributed by atoms with E-state index in [0.29, 0.717) is 18.5 Å². The minimum atomic E-state index is 0.213. The van der Waals surface area contributed by atoms with Gasteiger partial charge in [-0.25, -0.2) is 0 Å². The summed E-state index contributed by atoms with van der Waals surface area (Å²) in [6, 6.07) is 2.42. The molecule has 2 nitrogen and oxygen atoms in total. The van der Waals surface area contributed by atoms with Gasteiger partial charge in [-0.05, 0) is 70.2 Å². The summed E-state index contributed by atoms with van der Waals surface area (Å²) in [6.07, 6.45) is 2.48. The molecular weight excluding hydrogens is 378 g/mol. The molecule has 1 saturated heterocycles. The zero-order chi connectivity index (χ0) is 13.3. The third-order valence-corrected chi connectivity index (χ3v) is 6.15. The molecule has 0 bridgehead atoms. The molecule has 2 unspecified atom stereocenters. The first-order valence-corrected chi connectivity index (χ1v) is 8.61. The first-order chi connectivity index (χ1) is 8.49. The number of likely N-dealkylation sites (tertiary alicyclic amines) is 1. The number of nitrogens with zero attached hydrogens (tertiary/aromatic N) is 1. The largest absolute Gasteiger partial charge is 0.293 e. The molecule has 0 aliphatic carbocycles. The Bertz CT molecular complexity index is 446. The standard InChI is InChI=1S/C13H17Br2NOS/c1-8-4-3-5-16(9(8)2)7-11(17)10-6-12(14)18-13(10)15/h6,8-9H,3-5,7H2,1-2H3. The number of Topliss-reactive ketones (excluding diaryl/α,β-unsaturated/α-hetero) is 1. The number of hydrogen-bond acceptors (Lipinski definition) is 3. The molecule has 0 aromatic carbocycles. The summed E-state index contributed by atoms with van der Waals surface area (Å²) < 4.78 is 1.93. The van der Waals surface area contributed by atoms with Crippen molar-refractivity contribution in [2.75, 3.05) is 13.1 Å². The van der Waals surface area contributed by atoms with Crippen molar-refractivity contribution in [2.24, 2.45) is 5.92 Å². The predicted molar refractivity (Wildman–Crippen MR) is 83.5 cm³/mol. The first kappa shape index (κ1) is 14.7. The van der Waals surface area contributed by atoms with Crippen LogP contribution in [-0.2, 0) is 0 Å². The van der Waals surface area contributed by atoms with Gasteiger partial charge < -0.3 is 0 Å². The van der Waals surface area contributed by atoms with Gasteiger partial charge in [0.05, 0.1) is 14.1 Å². The maximum Gasteiger partial charge on any atom is 0.178 e. The van der Waals surface area contributed by atoms with Crippen molar-refractivity contribution < 1.29 is 4.79 Å². The number of carbonyl (C=O) groups excluding carboxylic acids is 1. The van der Waals surface area contributed by atoms with Gasteiger partial charge >= 0.3 is 0 Å². The third kappa shape index (κ3) is 3.24. The van der Waals surface area contributed by atoms with Crippen molar-refractivity contribution in [3.63, 3.8) is 0 Å². The van der Waals surface area contributed by atoms with E-state index in [1.165, 1.54) is 12.8 Å². The first-order valence-electron chi connectivity index (χ1n) is 6.21. The Morgan fingerprint density at radius 1 is 1.50 bits per heavy atom. The lowest BCUT2D eigenvalue weighted by Crippen LogP contribution is -2.44. The molecule has 2 atom stereocenters. The number of hydrogen-bond donors (Lipinski definition) is 0. The fourth-order valence-electron chi connectivity index (χ4n) is 2.44. The van der Waals surface area contributed by atoms with Gasteiger partial charge in [0, 0.05) is 11.6 Å². The number of thiophene rings is 1. The van der Waals surface area contributed by atoms with Crippen LogP contribution in [0.4, 0.5) is 0 Å². The second-order valence-corrected chi connectivity index (χ2v) is 8.74. The third-order valence-electron chi connectivity index (χ3n) is 3.81. The smallest absolute Gasteiger partial charge is 0.178 e. The summed E-state index contributed by atoms with van der Waals surface area (Å²) in [5, 5.41) is 0. The highest BCUT2D eigenvalue weighted by Crippen LogP contribution is 2.32. The average Bonchev–Trinajstić information content (AvgIpc) is 2.64. The zero-order valence-electron chi connectivity index (χ0n) is 10.6. The van der Waals surface area contributed by atoms with Crippen molar-refractivity contribution >= 4 is 49.0 Å². The molecule has 0 amide bonds. The zero-order valence-corrected chi connectivity index (χ0v) is 14.6. The highest BCUT2D eigenvalue weighted by molar-refractivity contribution is 9.12. The Morgan fingerprint density at radius 2 is 2.22 bits per heavy atom. The van der Waals surface area contributed by atoms with Crippen molar-refractivity contribution in [1.82, 2.24) is 4.90 Å². The van der Waals surface area contributed by atoms with E-state index in [4.69, 9.17) is 0 Å². The summed E-state index contributed by atoms with van der Waals surface area (Å²) in [7, 11) is 0. The normalized spacial score (nSPS) is 25.3. The lowest BCUT2D eigenvalue weighted by Gasteiger charge is -2.37. The summed E-state index contributed by atoms with van der Waals surface area (Å²) in [4.78, 5) is 14.6. The average molecular weight is 395 g/mol. The predicted octanol–water partition coefficient (Wildman–Crippen LogP) is 4.58. The molecular formula is C13H17Br2NOS. The molecule has 1 aromatic heterocycles. The molecule has 18 heavy (non-hydrogen) atoms. The fraction of sp³-hybridized carbons (Fsp3) is 0.615. The Kier molecular flexibility index (Phi) is 5.03. The molecule has 5 heteroatoms. The van der Waals surface area contributed by atoms with E-state index in [1.807, 2.05) is 6.07 Å². The molecule has 0 saturated carbocycles. The Labute approximate surface area is 129 Å². The summed E-state index contributed by atoms with van der Waals surface area (Å²) >= 11 is 8.43. The van der Waals surface area contributed by atoms with Crippen LogP contribution in [0.5, 0.6) is 0 Å². The minimum Gasteiger partial charge on any atom is -0.293 e. The van der Waals surface area contributed by atoms with Crippen LogP contribution in [0.25, 0.3) is 0 Å². The van der Waals surface area contributed by atoms with E-state index in [1.54, 1.807) is 11.3 Å². The molecule has 100 valence electrons. The SMILES string of the molecule is CC1CCCN(CC(=O)c2cc(Br)sc2Br)C1C. The van der Waals surface area contributed by atoms with E-state index < -0.39 is 0 Å². The monoisotopic (exact) mass is 393 g/mol. The van der Waals surface area contributed by atoms with E-state index in [9.17, 15) is 4.79 Å². The van der Waals surface area contributed by atoms with Gasteiger partial charge in [0.1, 0.15) is 0 Å². The maximum atomic E-state index is 12.3. The van der Waals surface area contributed by atoms with Crippen LogP contribution in [0.3, 0.4) is 0 Å². The molecule has 0 spiro atoms. The van der Waals surface area contributed by atoms with Crippen LogP contribution in [0.1, 0.15) is 37.0 Å². The van der Waals surface area contributed by atoms with Crippen LogP contribution in [0.15, 0.2) is 13.6 Å².